The second-order valence-corrected chi connectivity index (χ2v) is 7.62. The number of ether oxygens (including phenoxy) is 2. The second kappa shape index (κ2) is 10.8. The van der Waals surface area contributed by atoms with Crippen molar-refractivity contribution >= 4 is 40.1 Å². The van der Waals surface area contributed by atoms with Gasteiger partial charge in [-0.3, -0.25) is 10.1 Å². The summed E-state index contributed by atoms with van der Waals surface area (Å²) >= 11 is 6.17. The molecule has 2 aromatic carbocycles. The maximum absolute atomic E-state index is 12.6. The highest BCUT2D eigenvalue weighted by Crippen LogP contribution is 2.33. The monoisotopic (exact) mass is 494 g/mol. The Kier molecular flexibility index (Phi) is 7.87. The molecule has 0 bridgehead atoms. The molecule has 12 heteroatoms. The Morgan fingerprint density at radius 1 is 1.12 bits per heavy atom. The van der Waals surface area contributed by atoms with E-state index in [2.05, 4.69) is 15.5 Å². The molecule has 1 heterocycles. The Morgan fingerprint density at radius 2 is 1.82 bits per heavy atom. The fourth-order valence-electron chi connectivity index (χ4n) is 2.40. The fraction of sp³-hybridized carbons (Fsp3) is 0.143. The number of hydrogen-bond acceptors (Lipinski definition) is 7. The molecule has 3 aromatic rings. The topological polar surface area (TPSA) is 97.1 Å². The van der Waals surface area contributed by atoms with E-state index < -0.39 is 17.1 Å². The Balaban J connectivity index is 1.54. The number of rotatable bonds is 8. The first-order valence-corrected chi connectivity index (χ1v) is 10.4. The molecule has 0 aliphatic carbocycles. The van der Waals surface area contributed by atoms with Gasteiger partial charge < -0.3 is 9.47 Å². The summed E-state index contributed by atoms with van der Waals surface area (Å²) in [6.45, 7) is 0.528. The van der Waals surface area contributed by atoms with Crippen molar-refractivity contribution < 1.29 is 27.4 Å². The quantitative estimate of drug-likeness (QED) is 0.262. The number of nitrogens with zero attached hydrogens (tertiary/aromatic N) is 3. The van der Waals surface area contributed by atoms with Gasteiger partial charge in [0.15, 0.2) is 0 Å². The Hall–Kier alpha value is -3.62. The van der Waals surface area contributed by atoms with Crippen LogP contribution in [0.5, 0.6) is 11.5 Å². The van der Waals surface area contributed by atoms with Gasteiger partial charge in [-0.2, -0.15) is 18.4 Å². The molecule has 1 amide bonds. The highest BCUT2D eigenvalue weighted by atomic mass is 35.5. The van der Waals surface area contributed by atoms with Crippen molar-refractivity contribution in [3.63, 3.8) is 0 Å². The van der Waals surface area contributed by atoms with Crippen LogP contribution in [0.15, 0.2) is 54.1 Å². The zero-order chi connectivity index (χ0) is 23.8. The molecule has 170 valence electrons. The lowest BCUT2D eigenvalue weighted by Crippen LogP contribution is -2.13. The summed E-state index contributed by atoms with van der Waals surface area (Å²) in [6.07, 6.45) is -3.38. The molecule has 0 radical (unpaired) electrons. The molecular formula is C21H14ClF3N4O3S. The summed E-state index contributed by atoms with van der Waals surface area (Å²) < 4.78 is 48.9. The van der Waals surface area contributed by atoms with Gasteiger partial charge >= 0.3 is 6.18 Å². The molecule has 1 N–H and O–H groups in total. The third-order valence-electron chi connectivity index (χ3n) is 3.89. The lowest BCUT2D eigenvalue weighted by molar-refractivity contribution is -0.138. The molecule has 1 aromatic heterocycles. The van der Waals surface area contributed by atoms with Crippen molar-refractivity contribution in [3.05, 3.63) is 69.7 Å². The van der Waals surface area contributed by atoms with Crippen molar-refractivity contribution in [1.82, 2.24) is 10.2 Å². The highest BCUT2D eigenvalue weighted by molar-refractivity contribution is 7.15. The van der Waals surface area contributed by atoms with Gasteiger partial charge in [0, 0.05) is 0 Å². The number of para-hydroxylation sites is 1. The van der Waals surface area contributed by atoms with Gasteiger partial charge in [0.25, 0.3) is 5.91 Å². The van der Waals surface area contributed by atoms with Gasteiger partial charge in [-0.05, 0) is 35.9 Å². The Labute approximate surface area is 195 Å². The van der Waals surface area contributed by atoms with Crippen LogP contribution in [-0.4, -0.2) is 29.3 Å². The summed E-state index contributed by atoms with van der Waals surface area (Å²) in [5, 5.41) is 16.5. The summed E-state index contributed by atoms with van der Waals surface area (Å²) in [5.74, 6) is 0.180. The van der Waals surface area contributed by atoms with E-state index in [0.29, 0.717) is 22.1 Å². The zero-order valence-corrected chi connectivity index (χ0v) is 18.2. The summed E-state index contributed by atoms with van der Waals surface area (Å²) in [7, 11) is 0. The number of amides is 1. The van der Waals surface area contributed by atoms with Crippen LogP contribution >= 0.6 is 22.9 Å². The number of alkyl halides is 3. The van der Waals surface area contributed by atoms with Gasteiger partial charge in [-0.25, -0.2) is 0 Å². The molecule has 3 rings (SSSR count). The molecule has 33 heavy (non-hydrogen) atoms. The summed E-state index contributed by atoms with van der Waals surface area (Å²) in [5.41, 5.74) is 0.190. The van der Waals surface area contributed by atoms with Crippen molar-refractivity contribution in [2.24, 2.45) is 0 Å². The number of nitriles is 1. The van der Waals surface area contributed by atoms with E-state index in [-0.39, 0.29) is 35.3 Å². The first-order chi connectivity index (χ1) is 15.8. The molecular weight excluding hydrogens is 481 g/mol. The molecule has 0 saturated heterocycles. The van der Waals surface area contributed by atoms with Crippen LogP contribution in [0.25, 0.3) is 6.08 Å². The largest absolute Gasteiger partial charge is 0.490 e. The normalized spacial score (nSPS) is 11.5. The minimum absolute atomic E-state index is 0.163. The number of benzene rings is 2. The number of halogens is 4. The van der Waals surface area contributed by atoms with E-state index in [1.165, 1.54) is 6.08 Å². The van der Waals surface area contributed by atoms with Crippen molar-refractivity contribution in [2.75, 3.05) is 18.5 Å². The van der Waals surface area contributed by atoms with E-state index in [0.717, 1.165) is 0 Å². The van der Waals surface area contributed by atoms with Gasteiger partial charge in [0.05, 0.1) is 5.02 Å². The third kappa shape index (κ3) is 6.93. The third-order valence-corrected chi connectivity index (χ3v) is 5.09. The van der Waals surface area contributed by atoms with Crippen LogP contribution in [0, 0.1) is 11.3 Å². The molecule has 0 fully saturated rings. The van der Waals surface area contributed by atoms with E-state index in [9.17, 15) is 23.2 Å². The lowest BCUT2D eigenvalue weighted by Gasteiger charge is -2.09. The van der Waals surface area contributed by atoms with Crippen LogP contribution < -0.4 is 14.8 Å². The number of nitrogens with one attached hydrogen (secondary N) is 1. The van der Waals surface area contributed by atoms with E-state index in [1.807, 2.05) is 0 Å². The summed E-state index contributed by atoms with van der Waals surface area (Å²) in [6, 6.07) is 15.3. The van der Waals surface area contributed by atoms with Crippen LogP contribution in [0.2, 0.25) is 5.02 Å². The first kappa shape index (κ1) is 24.0. The molecule has 0 unspecified atom stereocenters. The number of carbonyl (C=O) groups is 1. The molecule has 7 nitrogen and oxygen atoms in total. The zero-order valence-electron chi connectivity index (χ0n) is 16.6. The number of anilines is 1. The van der Waals surface area contributed by atoms with E-state index in [4.69, 9.17) is 21.1 Å². The first-order valence-electron chi connectivity index (χ1n) is 9.20. The van der Waals surface area contributed by atoms with E-state index in [1.54, 1.807) is 54.6 Å². The van der Waals surface area contributed by atoms with E-state index >= 15 is 0 Å². The maximum Gasteiger partial charge on any atom is 0.445 e. The molecule has 0 atom stereocenters. The highest BCUT2D eigenvalue weighted by Gasteiger charge is 2.35. The minimum Gasteiger partial charge on any atom is -0.490 e. The van der Waals surface area contributed by atoms with Gasteiger partial charge in [0.1, 0.15) is 36.4 Å². The molecule has 0 aliphatic heterocycles. The maximum atomic E-state index is 12.6. The average molecular weight is 495 g/mol. The van der Waals surface area contributed by atoms with Gasteiger partial charge in [-0.1, -0.05) is 47.2 Å². The second-order valence-electron chi connectivity index (χ2n) is 6.23. The number of hydrogen-bond donors (Lipinski definition) is 1. The van der Waals surface area contributed by atoms with Crippen molar-refractivity contribution in [3.8, 4) is 17.6 Å². The molecule has 0 aliphatic rings. The smallest absolute Gasteiger partial charge is 0.445 e. The van der Waals surface area contributed by atoms with Crippen LogP contribution in [-0.2, 0) is 11.0 Å². The van der Waals surface area contributed by atoms with Crippen molar-refractivity contribution in [1.29, 1.82) is 5.26 Å². The predicted octanol–water partition coefficient (Wildman–Crippen LogP) is 5.21. The van der Waals surface area contributed by atoms with Gasteiger partial charge in [-0.15, -0.1) is 10.2 Å². The standard InChI is InChI=1S/C21H14ClF3N4O3S/c22-16-3-1-2-4-17(16)32-10-9-31-15-7-5-13(6-8-15)11-14(12-26)18(30)27-20-29-28-19(33-20)21(23,24)25/h1-8,11H,9-10H2,(H,27,29,30)/b14-11-. The Morgan fingerprint density at radius 3 is 2.45 bits per heavy atom. The fourth-order valence-corrected chi connectivity index (χ4v) is 3.20. The van der Waals surface area contributed by atoms with Crippen LogP contribution in [0.3, 0.4) is 0 Å². The predicted molar refractivity (Wildman–Crippen MR) is 116 cm³/mol. The number of carbonyl (C=O) groups excluding carboxylic acids is 1. The lowest BCUT2D eigenvalue weighted by atomic mass is 10.1. The average Bonchev–Trinajstić information content (AvgIpc) is 3.26. The van der Waals surface area contributed by atoms with Gasteiger partial charge in [0.2, 0.25) is 10.1 Å². The van der Waals surface area contributed by atoms with Crippen LogP contribution in [0.4, 0.5) is 18.3 Å². The Bertz CT molecular complexity index is 1190. The number of aromatic nitrogens is 2. The van der Waals surface area contributed by atoms with Crippen molar-refractivity contribution in [2.45, 2.75) is 6.18 Å². The molecule has 0 spiro atoms. The molecule has 0 saturated carbocycles. The SMILES string of the molecule is N#C/C(=C/c1ccc(OCCOc2ccccc2Cl)cc1)C(=O)Nc1nnc(C(F)(F)F)s1. The minimum atomic E-state index is -4.67. The summed E-state index contributed by atoms with van der Waals surface area (Å²) in [4.78, 5) is 12.2. The van der Waals surface area contributed by atoms with Crippen LogP contribution in [0.1, 0.15) is 10.6 Å².